The van der Waals surface area contributed by atoms with E-state index < -0.39 is 0 Å². The molecule has 2 aromatic heterocycles. The number of hydrogen-bond acceptors (Lipinski definition) is 4. The Morgan fingerprint density at radius 1 is 1.00 bits per heavy atom. The van der Waals surface area contributed by atoms with E-state index in [9.17, 15) is 4.79 Å². The summed E-state index contributed by atoms with van der Waals surface area (Å²) in [7, 11) is 0. The van der Waals surface area contributed by atoms with Gasteiger partial charge >= 0.3 is 0 Å². The molecule has 1 fully saturated rings. The fraction of sp³-hybridized carbons (Fsp3) is 0.400. The van der Waals surface area contributed by atoms with Gasteiger partial charge in [-0.05, 0) is 42.4 Å². The van der Waals surface area contributed by atoms with E-state index in [0.29, 0.717) is 12.3 Å². The number of aromatic nitrogens is 1. The van der Waals surface area contributed by atoms with Crippen LogP contribution in [0.15, 0.2) is 59.1 Å². The zero-order chi connectivity index (χ0) is 22.1. The predicted molar refractivity (Wildman–Crippen MR) is 125 cm³/mol. The molecular formula is C25H29ClN4O2. The Bertz CT molecular complexity index is 1080. The predicted octanol–water partition coefficient (Wildman–Crippen LogP) is 4.12. The van der Waals surface area contributed by atoms with Crippen LogP contribution in [0.25, 0.3) is 0 Å². The lowest BCUT2D eigenvalue weighted by molar-refractivity contribution is 0.0607. The molecule has 1 unspecified atom stereocenters. The highest BCUT2D eigenvalue weighted by Gasteiger charge is 2.31. The van der Waals surface area contributed by atoms with Crippen LogP contribution in [0.2, 0.25) is 5.02 Å². The summed E-state index contributed by atoms with van der Waals surface area (Å²) in [5, 5.41) is 0.763. The molecule has 0 saturated carbocycles. The number of furan rings is 1. The molecule has 7 heteroatoms. The van der Waals surface area contributed by atoms with Gasteiger partial charge in [0.2, 0.25) is 0 Å². The van der Waals surface area contributed by atoms with E-state index in [1.807, 2.05) is 35.2 Å². The van der Waals surface area contributed by atoms with Gasteiger partial charge in [0, 0.05) is 56.2 Å². The fourth-order valence-electron chi connectivity index (χ4n) is 4.86. The van der Waals surface area contributed by atoms with E-state index in [1.165, 1.54) is 5.69 Å². The van der Waals surface area contributed by atoms with Crippen LogP contribution in [0.1, 0.15) is 40.5 Å². The summed E-state index contributed by atoms with van der Waals surface area (Å²) in [5.74, 6) is 1.22. The standard InChI is InChI=1S/C25H29ClN4O2/c1-2-27-12-14-29(15-13-27)25(31)23-10-9-19(32-23)18-30-17-16-28-11-5-8-22(28)24(30)20-6-3-4-7-21(20)26/h3-11,24H,2,12-18H2,1H3. The van der Waals surface area contributed by atoms with Gasteiger partial charge in [0.05, 0.1) is 12.6 Å². The molecule has 0 bridgehead atoms. The summed E-state index contributed by atoms with van der Waals surface area (Å²) in [4.78, 5) is 19.6. The average Bonchev–Trinajstić information content (AvgIpc) is 3.49. The Balaban J connectivity index is 1.34. The Hall–Kier alpha value is -2.54. The Morgan fingerprint density at radius 3 is 2.59 bits per heavy atom. The molecule has 1 saturated heterocycles. The molecule has 0 spiro atoms. The van der Waals surface area contributed by atoms with E-state index in [4.69, 9.17) is 16.0 Å². The maximum Gasteiger partial charge on any atom is 0.289 e. The topological polar surface area (TPSA) is 44.9 Å². The highest BCUT2D eigenvalue weighted by molar-refractivity contribution is 6.31. The smallest absolute Gasteiger partial charge is 0.289 e. The van der Waals surface area contributed by atoms with Crippen molar-refractivity contribution in [3.05, 3.63) is 82.5 Å². The Kier molecular flexibility index (Phi) is 6.09. The number of amides is 1. The number of benzene rings is 1. The molecule has 32 heavy (non-hydrogen) atoms. The number of rotatable bonds is 5. The molecule has 0 radical (unpaired) electrons. The van der Waals surface area contributed by atoms with Crippen LogP contribution in [0.4, 0.5) is 0 Å². The third-order valence-corrected chi connectivity index (χ3v) is 7.02. The number of carbonyl (C=O) groups is 1. The van der Waals surface area contributed by atoms with E-state index in [0.717, 1.165) is 62.2 Å². The van der Waals surface area contributed by atoms with Crippen LogP contribution in [0, 0.1) is 0 Å². The molecule has 168 valence electrons. The number of halogens is 1. The quantitative estimate of drug-likeness (QED) is 0.584. The lowest BCUT2D eigenvalue weighted by Crippen LogP contribution is -2.48. The fourth-order valence-corrected chi connectivity index (χ4v) is 5.09. The van der Waals surface area contributed by atoms with Gasteiger partial charge in [0.25, 0.3) is 5.91 Å². The SMILES string of the molecule is CCN1CCN(C(=O)c2ccc(CN3CCn4cccc4C3c3ccccc3Cl)o2)CC1. The summed E-state index contributed by atoms with van der Waals surface area (Å²) in [6.45, 7) is 8.94. The first kappa shape index (κ1) is 21.3. The second-order valence-corrected chi connectivity index (χ2v) is 8.92. The van der Waals surface area contributed by atoms with Crippen molar-refractivity contribution in [3.63, 3.8) is 0 Å². The van der Waals surface area contributed by atoms with Crippen molar-refractivity contribution in [2.24, 2.45) is 0 Å². The van der Waals surface area contributed by atoms with Crippen LogP contribution < -0.4 is 0 Å². The maximum absolute atomic E-state index is 12.9. The van der Waals surface area contributed by atoms with Crippen LogP contribution in [0.3, 0.4) is 0 Å². The van der Waals surface area contributed by atoms with E-state index in [1.54, 1.807) is 0 Å². The Morgan fingerprint density at radius 2 is 1.81 bits per heavy atom. The summed E-state index contributed by atoms with van der Waals surface area (Å²) in [6.07, 6.45) is 2.12. The van der Waals surface area contributed by atoms with E-state index in [2.05, 4.69) is 45.7 Å². The molecule has 1 amide bonds. The molecule has 1 aromatic carbocycles. The first-order valence-electron chi connectivity index (χ1n) is 11.4. The summed E-state index contributed by atoms with van der Waals surface area (Å²) >= 11 is 6.60. The number of nitrogens with zero attached hydrogens (tertiary/aromatic N) is 4. The molecule has 4 heterocycles. The van der Waals surface area contributed by atoms with Crippen molar-refractivity contribution in [2.45, 2.75) is 26.1 Å². The molecule has 3 aromatic rings. The summed E-state index contributed by atoms with van der Waals surface area (Å²) in [5.41, 5.74) is 2.31. The molecule has 0 N–H and O–H groups in total. The average molecular weight is 453 g/mol. The molecule has 5 rings (SSSR count). The minimum Gasteiger partial charge on any atom is -0.455 e. The van der Waals surface area contributed by atoms with Crippen molar-refractivity contribution < 1.29 is 9.21 Å². The number of likely N-dealkylation sites (N-methyl/N-ethyl adjacent to an activating group) is 1. The minimum atomic E-state index is -0.0119. The van der Waals surface area contributed by atoms with Gasteiger partial charge in [-0.2, -0.15) is 0 Å². The molecular weight excluding hydrogens is 424 g/mol. The van der Waals surface area contributed by atoms with Crippen molar-refractivity contribution in [1.29, 1.82) is 0 Å². The number of hydrogen-bond donors (Lipinski definition) is 0. The number of piperazine rings is 1. The second-order valence-electron chi connectivity index (χ2n) is 8.51. The van der Waals surface area contributed by atoms with Crippen LogP contribution >= 0.6 is 11.6 Å². The molecule has 1 atom stereocenters. The lowest BCUT2D eigenvalue weighted by atomic mass is 9.99. The van der Waals surface area contributed by atoms with E-state index in [-0.39, 0.29) is 11.9 Å². The zero-order valence-corrected chi connectivity index (χ0v) is 19.2. The zero-order valence-electron chi connectivity index (χ0n) is 18.4. The maximum atomic E-state index is 12.9. The molecule has 0 aliphatic carbocycles. The lowest BCUT2D eigenvalue weighted by Gasteiger charge is -2.37. The molecule has 2 aliphatic rings. The van der Waals surface area contributed by atoms with Crippen molar-refractivity contribution in [1.82, 2.24) is 19.3 Å². The van der Waals surface area contributed by atoms with Crippen molar-refractivity contribution in [2.75, 3.05) is 39.3 Å². The van der Waals surface area contributed by atoms with Crippen molar-refractivity contribution >= 4 is 17.5 Å². The van der Waals surface area contributed by atoms with Crippen LogP contribution in [-0.4, -0.2) is 64.4 Å². The number of fused-ring (bicyclic) bond motifs is 1. The summed E-state index contributed by atoms with van der Waals surface area (Å²) in [6, 6.07) is 16.1. The molecule has 6 nitrogen and oxygen atoms in total. The first-order valence-corrected chi connectivity index (χ1v) is 11.8. The third kappa shape index (κ3) is 4.10. The number of carbonyl (C=O) groups excluding carboxylic acids is 1. The van der Waals surface area contributed by atoms with Gasteiger partial charge in [-0.1, -0.05) is 36.7 Å². The van der Waals surface area contributed by atoms with Crippen molar-refractivity contribution in [3.8, 4) is 0 Å². The highest BCUT2D eigenvalue weighted by atomic mass is 35.5. The van der Waals surface area contributed by atoms with Crippen LogP contribution in [0.5, 0.6) is 0 Å². The minimum absolute atomic E-state index is 0.0119. The highest BCUT2D eigenvalue weighted by Crippen LogP contribution is 2.37. The van der Waals surface area contributed by atoms with Gasteiger partial charge in [-0.3, -0.25) is 9.69 Å². The van der Waals surface area contributed by atoms with Gasteiger partial charge < -0.3 is 18.8 Å². The van der Waals surface area contributed by atoms with Gasteiger partial charge in [-0.15, -0.1) is 0 Å². The van der Waals surface area contributed by atoms with Gasteiger partial charge in [0.1, 0.15) is 5.76 Å². The Labute approximate surface area is 194 Å². The summed E-state index contributed by atoms with van der Waals surface area (Å²) < 4.78 is 8.34. The van der Waals surface area contributed by atoms with Crippen LogP contribution in [-0.2, 0) is 13.1 Å². The third-order valence-electron chi connectivity index (χ3n) is 6.68. The normalized spacial score (nSPS) is 19.8. The van der Waals surface area contributed by atoms with Gasteiger partial charge in [0.15, 0.2) is 5.76 Å². The monoisotopic (exact) mass is 452 g/mol. The molecule has 2 aliphatic heterocycles. The van der Waals surface area contributed by atoms with E-state index >= 15 is 0 Å². The van der Waals surface area contributed by atoms with Gasteiger partial charge in [-0.25, -0.2) is 0 Å². The first-order chi connectivity index (χ1) is 15.6. The largest absolute Gasteiger partial charge is 0.455 e. The second kappa shape index (κ2) is 9.14.